The van der Waals surface area contributed by atoms with E-state index in [9.17, 15) is 19.5 Å². The number of aromatic hydroxyl groups is 1. The zero-order valence-corrected chi connectivity index (χ0v) is 34.9. The Hall–Kier alpha value is -5.84. The van der Waals surface area contributed by atoms with Gasteiger partial charge < -0.3 is 29.3 Å². The summed E-state index contributed by atoms with van der Waals surface area (Å²) in [5.74, 6) is 1.19. The van der Waals surface area contributed by atoms with Gasteiger partial charge in [0.15, 0.2) is 5.75 Å². The molecule has 2 aliphatic heterocycles. The molecule has 8 rings (SSSR count). The third-order valence-corrected chi connectivity index (χ3v) is 12.1. The van der Waals surface area contributed by atoms with Crippen LogP contribution in [0.25, 0.3) is 20.5 Å². The van der Waals surface area contributed by atoms with E-state index >= 15 is 0 Å². The number of pyridine rings is 1. The number of amides is 3. The summed E-state index contributed by atoms with van der Waals surface area (Å²) in [4.78, 5) is 48.2. The van der Waals surface area contributed by atoms with Gasteiger partial charge in [-0.25, -0.2) is 0 Å². The molecule has 0 atom stereocenters. The SMILES string of the molecule is O=C(CO)NC(=O)CN1Cc2c(OCc3ccc(CN4CCN(CCOc5ccc(Oc6c(-c7ccc(Br)cc7)sc7cc(O)ccc67)cc5)CC4)nc3)cccc2C1=O. The molecule has 0 spiro atoms. The number of halogens is 1. The Morgan fingerprint density at radius 3 is 2.38 bits per heavy atom. The molecular weight excluding hydrogens is 850 g/mol. The number of hydrogen-bond acceptors (Lipinski definition) is 12. The average molecular weight is 893 g/mol. The topological polar surface area (TPSA) is 154 Å². The number of nitrogens with one attached hydrogen (secondary N) is 1. The molecule has 60 heavy (non-hydrogen) atoms. The van der Waals surface area contributed by atoms with Crippen LogP contribution in [0.1, 0.15) is 27.2 Å². The van der Waals surface area contributed by atoms with E-state index in [4.69, 9.17) is 19.3 Å². The van der Waals surface area contributed by atoms with Crippen molar-refractivity contribution >= 4 is 55.1 Å². The number of piperazine rings is 1. The molecule has 0 bridgehead atoms. The van der Waals surface area contributed by atoms with Gasteiger partial charge in [-0.15, -0.1) is 11.3 Å². The van der Waals surface area contributed by atoms with E-state index in [1.165, 1.54) is 4.90 Å². The Labute approximate surface area is 358 Å². The molecule has 2 aliphatic rings. The highest BCUT2D eigenvalue weighted by atomic mass is 79.9. The van der Waals surface area contributed by atoms with Crippen LogP contribution >= 0.6 is 27.3 Å². The summed E-state index contributed by atoms with van der Waals surface area (Å²) in [6.45, 7) is 5.17. The van der Waals surface area contributed by atoms with Crippen LogP contribution in [-0.4, -0.2) is 100 Å². The van der Waals surface area contributed by atoms with Crippen LogP contribution in [0, 0.1) is 0 Å². The minimum absolute atomic E-state index is 0.172. The Bertz CT molecular complexity index is 2490. The van der Waals surface area contributed by atoms with E-state index < -0.39 is 18.4 Å². The molecule has 2 aromatic heterocycles. The van der Waals surface area contributed by atoms with Crippen molar-refractivity contribution in [1.29, 1.82) is 0 Å². The van der Waals surface area contributed by atoms with Crippen LogP contribution in [-0.2, 0) is 29.3 Å². The lowest BCUT2D eigenvalue weighted by Crippen LogP contribution is -2.47. The Morgan fingerprint density at radius 2 is 1.63 bits per heavy atom. The minimum atomic E-state index is -0.819. The number of ether oxygens (including phenoxy) is 3. The van der Waals surface area contributed by atoms with Gasteiger partial charge in [0.25, 0.3) is 11.8 Å². The standard InChI is InChI=1S/C45H42BrN5O8S/c46-31-7-5-30(6-8-31)44-43(37-15-10-33(53)22-40(37)60-44)59-35-13-11-34(12-14-35)57-21-20-49-16-18-50(19-17-49)24-32-9-4-29(23-47-32)28-58-39-3-1-2-36-38(39)25-51(45(36)56)26-41(54)48-42(55)27-52/h1-15,22-23,52-53H,16-21,24-28H2,(H,48,54,55). The summed E-state index contributed by atoms with van der Waals surface area (Å²) in [6.07, 6.45) is 1.81. The Kier molecular flexibility index (Phi) is 12.7. The van der Waals surface area contributed by atoms with Crippen LogP contribution in [0.15, 0.2) is 108 Å². The molecule has 0 unspecified atom stereocenters. The van der Waals surface area contributed by atoms with Crippen LogP contribution < -0.4 is 19.5 Å². The van der Waals surface area contributed by atoms with Crippen molar-refractivity contribution in [3.8, 4) is 39.2 Å². The largest absolute Gasteiger partial charge is 0.508 e. The summed E-state index contributed by atoms with van der Waals surface area (Å²) in [6, 6.07) is 30.4. The van der Waals surface area contributed by atoms with Crippen LogP contribution in [0.3, 0.4) is 0 Å². The fourth-order valence-electron chi connectivity index (χ4n) is 7.20. The number of phenolic OH excluding ortho intramolecular Hbond substituents is 1. The number of benzene rings is 4. The summed E-state index contributed by atoms with van der Waals surface area (Å²) in [7, 11) is 0. The summed E-state index contributed by atoms with van der Waals surface area (Å²) in [5.41, 5.74) is 4.02. The fourth-order valence-corrected chi connectivity index (χ4v) is 8.63. The van der Waals surface area contributed by atoms with E-state index in [1.54, 1.807) is 41.7 Å². The third-order valence-electron chi connectivity index (χ3n) is 10.3. The summed E-state index contributed by atoms with van der Waals surface area (Å²) in [5, 5.41) is 22.0. The molecule has 1 saturated heterocycles. The molecule has 15 heteroatoms. The first kappa shape index (κ1) is 40.9. The molecule has 13 nitrogen and oxygen atoms in total. The van der Waals surface area contributed by atoms with E-state index in [2.05, 4.69) is 42.8 Å². The number of carbonyl (C=O) groups is 3. The van der Waals surface area contributed by atoms with E-state index in [0.717, 1.165) is 87.0 Å². The predicted molar refractivity (Wildman–Crippen MR) is 230 cm³/mol. The quantitative estimate of drug-likeness (QED) is 0.102. The van der Waals surface area contributed by atoms with Crippen molar-refractivity contribution in [2.75, 3.05) is 52.5 Å². The first-order valence-electron chi connectivity index (χ1n) is 19.5. The van der Waals surface area contributed by atoms with Crippen LogP contribution in [0.2, 0.25) is 0 Å². The molecule has 4 heterocycles. The highest BCUT2D eigenvalue weighted by molar-refractivity contribution is 9.10. The van der Waals surface area contributed by atoms with Gasteiger partial charge in [-0.1, -0.05) is 40.2 Å². The van der Waals surface area contributed by atoms with Crippen molar-refractivity contribution in [3.63, 3.8) is 0 Å². The fraction of sp³-hybridized carbons (Fsp3) is 0.244. The van der Waals surface area contributed by atoms with Gasteiger partial charge in [-0.3, -0.25) is 34.5 Å². The van der Waals surface area contributed by atoms with Gasteiger partial charge in [-0.2, -0.15) is 0 Å². The predicted octanol–water partition coefficient (Wildman–Crippen LogP) is 6.59. The van der Waals surface area contributed by atoms with Crippen molar-refractivity contribution in [3.05, 3.63) is 130 Å². The number of aliphatic hydroxyl groups excluding tert-OH is 1. The number of thiophene rings is 1. The van der Waals surface area contributed by atoms with Crippen molar-refractivity contribution in [1.82, 2.24) is 25.0 Å². The molecule has 0 radical (unpaired) electrons. The molecule has 3 N–H and O–H groups in total. The lowest BCUT2D eigenvalue weighted by molar-refractivity contribution is -0.132. The second-order valence-corrected chi connectivity index (χ2v) is 16.5. The monoisotopic (exact) mass is 891 g/mol. The normalized spacial score (nSPS) is 14.3. The average Bonchev–Trinajstić information content (AvgIpc) is 3.77. The minimum Gasteiger partial charge on any atom is -0.508 e. The molecular formula is C45H42BrN5O8S. The summed E-state index contributed by atoms with van der Waals surface area (Å²) >= 11 is 5.10. The second-order valence-electron chi connectivity index (χ2n) is 14.5. The zero-order chi connectivity index (χ0) is 41.6. The van der Waals surface area contributed by atoms with Gasteiger partial charge in [0.2, 0.25) is 5.91 Å². The highest BCUT2D eigenvalue weighted by Gasteiger charge is 2.31. The van der Waals surface area contributed by atoms with E-state index in [0.29, 0.717) is 29.2 Å². The maximum atomic E-state index is 12.9. The lowest BCUT2D eigenvalue weighted by Gasteiger charge is -2.34. The second kappa shape index (κ2) is 18.6. The van der Waals surface area contributed by atoms with Gasteiger partial charge in [0, 0.05) is 76.7 Å². The number of aromatic nitrogens is 1. The van der Waals surface area contributed by atoms with Crippen LogP contribution in [0.5, 0.6) is 28.7 Å². The molecule has 4 aromatic carbocycles. The lowest BCUT2D eigenvalue weighted by atomic mass is 10.1. The van der Waals surface area contributed by atoms with Crippen molar-refractivity contribution in [2.45, 2.75) is 19.7 Å². The number of rotatable bonds is 15. The number of carbonyl (C=O) groups excluding carboxylic acids is 3. The van der Waals surface area contributed by atoms with Gasteiger partial charge in [0.1, 0.15) is 49.4 Å². The number of fused-ring (bicyclic) bond motifs is 2. The molecule has 1 fully saturated rings. The van der Waals surface area contributed by atoms with Crippen molar-refractivity contribution in [2.24, 2.45) is 0 Å². The number of phenols is 1. The van der Waals surface area contributed by atoms with Crippen LogP contribution in [0.4, 0.5) is 0 Å². The van der Waals surface area contributed by atoms with E-state index in [-0.39, 0.29) is 31.4 Å². The highest BCUT2D eigenvalue weighted by Crippen LogP contribution is 2.47. The third kappa shape index (κ3) is 9.78. The maximum absolute atomic E-state index is 12.9. The maximum Gasteiger partial charge on any atom is 0.255 e. The Balaban J connectivity index is 0.766. The first-order chi connectivity index (χ1) is 29.2. The number of nitrogens with zero attached hydrogens (tertiary/aromatic N) is 4. The number of hydrogen-bond donors (Lipinski definition) is 3. The smallest absolute Gasteiger partial charge is 0.255 e. The van der Waals surface area contributed by atoms with Gasteiger partial charge in [0.05, 0.1) is 17.1 Å². The molecule has 0 saturated carbocycles. The molecule has 3 amide bonds. The summed E-state index contributed by atoms with van der Waals surface area (Å²) < 4.78 is 20.6. The number of aliphatic hydroxyl groups is 1. The molecule has 308 valence electrons. The molecule has 6 aromatic rings. The van der Waals surface area contributed by atoms with Gasteiger partial charge >= 0.3 is 0 Å². The number of imide groups is 1. The Morgan fingerprint density at radius 1 is 0.867 bits per heavy atom. The van der Waals surface area contributed by atoms with E-state index in [1.807, 2.05) is 66.1 Å². The molecule has 0 aliphatic carbocycles. The zero-order valence-electron chi connectivity index (χ0n) is 32.5. The van der Waals surface area contributed by atoms with Crippen molar-refractivity contribution < 1.29 is 38.8 Å². The van der Waals surface area contributed by atoms with Gasteiger partial charge in [-0.05, 0) is 78.4 Å². The first-order valence-corrected chi connectivity index (χ1v) is 21.1.